The zero-order chi connectivity index (χ0) is 18.7. The Bertz CT molecular complexity index is 702. The highest BCUT2D eigenvalue weighted by Crippen LogP contribution is 2.46. The van der Waals surface area contributed by atoms with E-state index in [1.165, 1.54) is 25.5 Å². The summed E-state index contributed by atoms with van der Waals surface area (Å²) in [5.74, 6) is -0.621. The topological polar surface area (TPSA) is 73.9 Å². The Morgan fingerprint density at radius 3 is 2.69 bits per heavy atom. The Kier molecular flexibility index (Phi) is 5.44. The van der Waals surface area contributed by atoms with Crippen molar-refractivity contribution >= 4 is 12.1 Å². The average Bonchev–Trinajstić information content (AvgIpc) is 3.03. The average molecular weight is 363 g/mol. The zero-order valence-corrected chi connectivity index (χ0v) is 14.7. The number of methoxy groups -OCH3 is 1. The van der Waals surface area contributed by atoms with Crippen LogP contribution in [0.5, 0.6) is 0 Å². The Labute approximate surface area is 151 Å². The summed E-state index contributed by atoms with van der Waals surface area (Å²) in [6, 6.07) is 5.84. The van der Waals surface area contributed by atoms with E-state index in [4.69, 9.17) is 14.2 Å². The standard InChI is InChI=1S/C19H22FNO5/c1-11-3-8-14-15(17(22)24-2)10-25-18(16(11)14)26-19(23)21-9-12-4-6-13(20)7-5-12/h4-7,10-11,14,16,18H,3,8-9H2,1-2H3,(H,21,23). The van der Waals surface area contributed by atoms with Crippen LogP contribution in [0.25, 0.3) is 0 Å². The molecule has 26 heavy (non-hydrogen) atoms. The summed E-state index contributed by atoms with van der Waals surface area (Å²) in [6.45, 7) is 2.28. The monoisotopic (exact) mass is 363 g/mol. The predicted octanol–water partition coefficient (Wildman–Crippen LogP) is 3.13. The minimum absolute atomic E-state index is 0.0406. The van der Waals surface area contributed by atoms with E-state index in [1.54, 1.807) is 12.1 Å². The number of benzene rings is 1. The lowest BCUT2D eigenvalue weighted by Crippen LogP contribution is -2.41. The van der Waals surface area contributed by atoms with E-state index in [9.17, 15) is 14.0 Å². The summed E-state index contributed by atoms with van der Waals surface area (Å²) in [7, 11) is 1.34. The Balaban J connectivity index is 1.61. The predicted molar refractivity (Wildman–Crippen MR) is 90.1 cm³/mol. The van der Waals surface area contributed by atoms with Crippen molar-refractivity contribution in [1.82, 2.24) is 5.32 Å². The normalized spacial score (nSPS) is 27.0. The third kappa shape index (κ3) is 3.81. The first-order valence-corrected chi connectivity index (χ1v) is 8.62. The van der Waals surface area contributed by atoms with Gasteiger partial charge in [-0.2, -0.15) is 0 Å². The third-order valence-corrected chi connectivity index (χ3v) is 5.09. The van der Waals surface area contributed by atoms with Crippen LogP contribution in [0.1, 0.15) is 25.3 Å². The van der Waals surface area contributed by atoms with Crippen LogP contribution < -0.4 is 5.32 Å². The van der Waals surface area contributed by atoms with Crippen molar-refractivity contribution in [2.45, 2.75) is 32.6 Å². The maximum atomic E-state index is 12.9. The van der Waals surface area contributed by atoms with Gasteiger partial charge in [-0.25, -0.2) is 14.0 Å². The molecule has 4 atom stereocenters. The number of esters is 1. The van der Waals surface area contributed by atoms with Gasteiger partial charge >= 0.3 is 12.1 Å². The summed E-state index contributed by atoms with van der Waals surface area (Å²) in [6.07, 6.45) is 1.73. The number of halogens is 1. The molecule has 3 rings (SSSR count). The number of alkyl carbamates (subject to hydrolysis) is 1. The molecule has 1 heterocycles. The molecule has 1 aromatic rings. The van der Waals surface area contributed by atoms with Gasteiger partial charge in [0.25, 0.3) is 0 Å². The van der Waals surface area contributed by atoms with Crippen molar-refractivity contribution in [2.75, 3.05) is 7.11 Å². The zero-order valence-electron chi connectivity index (χ0n) is 14.7. The molecule has 1 aliphatic heterocycles. The fourth-order valence-electron chi connectivity index (χ4n) is 3.71. The van der Waals surface area contributed by atoms with E-state index in [0.717, 1.165) is 18.4 Å². The fraction of sp³-hybridized carbons (Fsp3) is 0.474. The van der Waals surface area contributed by atoms with Crippen molar-refractivity contribution in [1.29, 1.82) is 0 Å². The van der Waals surface area contributed by atoms with E-state index < -0.39 is 18.4 Å². The van der Waals surface area contributed by atoms with Gasteiger partial charge in [-0.3, -0.25) is 0 Å². The van der Waals surface area contributed by atoms with Crippen LogP contribution >= 0.6 is 0 Å². The molecule has 1 saturated carbocycles. The van der Waals surface area contributed by atoms with Crippen molar-refractivity contribution in [3.05, 3.63) is 47.5 Å². The lowest BCUT2D eigenvalue weighted by atomic mass is 9.83. The highest BCUT2D eigenvalue weighted by molar-refractivity contribution is 5.89. The number of amides is 1. The van der Waals surface area contributed by atoms with Gasteiger partial charge in [-0.15, -0.1) is 0 Å². The Morgan fingerprint density at radius 1 is 1.27 bits per heavy atom. The van der Waals surface area contributed by atoms with Gasteiger partial charge in [-0.05, 0) is 36.5 Å². The molecular formula is C19H22FNO5. The van der Waals surface area contributed by atoms with Crippen LogP contribution in [-0.4, -0.2) is 25.5 Å². The second-order valence-corrected chi connectivity index (χ2v) is 6.69. The summed E-state index contributed by atoms with van der Waals surface area (Å²) in [5, 5.41) is 2.63. The lowest BCUT2D eigenvalue weighted by molar-refractivity contribution is -0.145. The molecule has 7 heteroatoms. The number of carbonyl (C=O) groups is 2. The molecule has 0 saturated heterocycles. The van der Waals surface area contributed by atoms with Gasteiger partial charge in [0.2, 0.25) is 6.29 Å². The number of nitrogens with one attached hydrogen (secondary N) is 1. The lowest BCUT2D eigenvalue weighted by Gasteiger charge is -2.34. The fourth-order valence-corrected chi connectivity index (χ4v) is 3.71. The molecular weight excluding hydrogens is 341 g/mol. The van der Waals surface area contributed by atoms with Gasteiger partial charge in [0.15, 0.2) is 0 Å². The summed E-state index contributed by atoms with van der Waals surface area (Å²) in [4.78, 5) is 24.0. The molecule has 1 fully saturated rings. The number of carbonyl (C=O) groups excluding carboxylic acids is 2. The van der Waals surface area contributed by atoms with Crippen LogP contribution in [0.4, 0.5) is 9.18 Å². The van der Waals surface area contributed by atoms with Crippen LogP contribution in [0, 0.1) is 23.6 Å². The first-order valence-electron chi connectivity index (χ1n) is 8.62. The smallest absolute Gasteiger partial charge is 0.410 e. The number of fused-ring (bicyclic) bond motifs is 1. The first-order chi connectivity index (χ1) is 12.5. The Hall–Kier alpha value is -2.57. The number of hydrogen-bond acceptors (Lipinski definition) is 5. The van der Waals surface area contributed by atoms with E-state index in [1.807, 2.05) is 0 Å². The van der Waals surface area contributed by atoms with Gasteiger partial charge in [0, 0.05) is 18.4 Å². The van der Waals surface area contributed by atoms with Crippen LogP contribution in [0.3, 0.4) is 0 Å². The molecule has 0 radical (unpaired) electrons. The minimum Gasteiger partial charge on any atom is -0.466 e. The molecule has 2 aliphatic rings. The van der Waals surface area contributed by atoms with E-state index in [-0.39, 0.29) is 30.1 Å². The summed E-state index contributed by atoms with van der Waals surface area (Å²) >= 11 is 0. The molecule has 140 valence electrons. The molecule has 0 aromatic heterocycles. The number of hydrogen-bond donors (Lipinski definition) is 1. The first kappa shape index (κ1) is 18.2. The number of rotatable bonds is 4. The summed E-state index contributed by atoms with van der Waals surface area (Å²) < 4.78 is 28.7. The maximum Gasteiger partial charge on any atom is 0.410 e. The van der Waals surface area contributed by atoms with Crippen molar-refractivity contribution in [3.8, 4) is 0 Å². The molecule has 1 aromatic carbocycles. The van der Waals surface area contributed by atoms with E-state index in [2.05, 4.69) is 12.2 Å². The van der Waals surface area contributed by atoms with Crippen molar-refractivity contribution in [3.63, 3.8) is 0 Å². The molecule has 1 N–H and O–H groups in total. The quantitative estimate of drug-likeness (QED) is 0.832. The van der Waals surface area contributed by atoms with Crippen LogP contribution in [0.15, 0.2) is 36.1 Å². The molecule has 0 bridgehead atoms. The largest absolute Gasteiger partial charge is 0.466 e. The van der Waals surface area contributed by atoms with Crippen LogP contribution in [0.2, 0.25) is 0 Å². The van der Waals surface area contributed by atoms with Gasteiger partial charge in [-0.1, -0.05) is 19.1 Å². The second-order valence-electron chi connectivity index (χ2n) is 6.69. The SMILES string of the molecule is COC(=O)C1=COC(OC(=O)NCc2ccc(F)cc2)C2C(C)CCC12. The number of ether oxygens (including phenoxy) is 3. The van der Waals surface area contributed by atoms with Crippen LogP contribution in [-0.2, 0) is 25.5 Å². The summed E-state index contributed by atoms with van der Waals surface area (Å²) in [5.41, 5.74) is 1.25. The van der Waals surface area contributed by atoms with Gasteiger partial charge < -0.3 is 19.5 Å². The Morgan fingerprint density at radius 2 is 2.00 bits per heavy atom. The van der Waals surface area contributed by atoms with Crippen molar-refractivity contribution in [2.24, 2.45) is 17.8 Å². The molecule has 0 spiro atoms. The highest BCUT2D eigenvalue weighted by atomic mass is 19.1. The molecule has 6 nitrogen and oxygen atoms in total. The van der Waals surface area contributed by atoms with Gasteiger partial charge in [0.1, 0.15) is 5.82 Å². The molecule has 1 amide bonds. The van der Waals surface area contributed by atoms with Crippen molar-refractivity contribution < 1.29 is 28.2 Å². The second kappa shape index (κ2) is 7.76. The highest BCUT2D eigenvalue weighted by Gasteiger charge is 2.48. The molecule has 4 unspecified atom stereocenters. The maximum absolute atomic E-state index is 12.9. The van der Waals surface area contributed by atoms with E-state index in [0.29, 0.717) is 5.57 Å². The third-order valence-electron chi connectivity index (χ3n) is 5.09. The molecule has 1 aliphatic carbocycles. The minimum atomic E-state index is -0.751. The van der Waals surface area contributed by atoms with Gasteiger partial charge in [0.05, 0.1) is 18.9 Å². The van der Waals surface area contributed by atoms with E-state index >= 15 is 0 Å².